The van der Waals surface area contributed by atoms with Crippen LogP contribution in [0, 0.1) is 19.8 Å². The summed E-state index contributed by atoms with van der Waals surface area (Å²) in [6, 6.07) is 0.537. The van der Waals surface area contributed by atoms with Gasteiger partial charge in [-0.3, -0.25) is 0 Å². The predicted molar refractivity (Wildman–Crippen MR) is 71.6 cm³/mol. The van der Waals surface area contributed by atoms with Gasteiger partial charge in [0.15, 0.2) is 0 Å². The van der Waals surface area contributed by atoms with Gasteiger partial charge in [0.2, 0.25) is 0 Å². The number of aromatic nitrogens is 2. The number of rotatable bonds is 2. The zero-order valence-electron chi connectivity index (χ0n) is 10.8. The standard InChI is InChI=1S/C13H20ClN3/c1-8-4-6-11(7-5-8)17-13-9(2)12(14)15-10(3)16-13/h8,11H,4-7H2,1-3H3,(H,15,16,17). The maximum atomic E-state index is 6.07. The quantitative estimate of drug-likeness (QED) is 0.816. The lowest BCUT2D eigenvalue weighted by atomic mass is 9.87. The molecule has 1 N–H and O–H groups in total. The van der Waals surface area contributed by atoms with Gasteiger partial charge in [0.25, 0.3) is 0 Å². The number of nitrogens with zero attached hydrogens (tertiary/aromatic N) is 2. The van der Waals surface area contributed by atoms with Gasteiger partial charge in [-0.25, -0.2) is 9.97 Å². The zero-order valence-corrected chi connectivity index (χ0v) is 11.5. The molecule has 0 aromatic carbocycles. The lowest BCUT2D eigenvalue weighted by Gasteiger charge is -2.27. The number of nitrogens with one attached hydrogen (secondary N) is 1. The molecule has 1 aliphatic rings. The van der Waals surface area contributed by atoms with E-state index in [0.717, 1.165) is 23.1 Å². The average molecular weight is 254 g/mol. The summed E-state index contributed by atoms with van der Waals surface area (Å²) >= 11 is 6.07. The fourth-order valence-electron chi connectivity index (χ4n) is 2.33. The Labute approximate surface area is 108 Å². The van der Waals surface area contributed by atoms with E-state index in [1.54, 1.807) is 0 Å². The van der Waals surface area contributed by atoms with Crippen LogP contribution in [0.3, 0.4) is 0 Å². The molecule has 0 amide bonds. The Morgan fingerprint density at radius 2 is 1.76 bits per heavy atom. The SMILES string of the molecule is Cc1nc(Cl)c(C)c(NC2CCC(C)CC2)n1. The molecule has 0 spiro atoms. The monoisotopic (exact) mass is 253 g/mol. The summed E-state index contributed by atoms with van der Waals surface area (Å²) in [7, 11) is 0. The minimum Gasteiger partial charge on any atom is -0.367 e. The van der Waals surface area contributed by atoms with E-state index in [9.17, 15) is 0 Å². The Hall–Kier alpha value is -0.830. The van der Waals surface area contributed by atoms with Crippen LogP contribution in [0.4, 0.5) is 5.82 Å². The second kappa shape index (κ2) is 5.21. The molecule has 0 saturated heterocycles. The van der Waals surface area contributed by atoms with Crippen LogP contribution in [-0.2, 0) is 0 Å². The first-order valence-electron chi connectivity index (χ1n) is 6.33. The molecule has 2 rings (SSSR count). The summed E-state index contributed by atoms with van der Waals surface area (Å²) in [5.41, 5.74) is 0.955. The largest absolute Gasteiger partial charge is 0.367 e. The smallest absolute Gasteiger partial charge is 0.137 e. The summed E-state index contributed by atoms with van der Waals surface area (Å²) in [5, 5.41) is 4.08. The van der Waals surface area contributed by atoms with E-state index < -0.39 is 0 Å². The highest BCUT2D eigenvalue weighted by molar-refractivity contribution is 6.30. The van der Waals surface area contributed by atoms with Gasteiger partial charge >= 0.3 is 0 Å². The van der Waals surface area contributed by atoms with Crippen LogP contribution in [0.15, 0.2) is 0 Å². The van der Waals surface area contributed by atoms with Gasteiger partial charge in [-0.15, -0.1) is 0 Å². The molecule has 0 unspecified atom stereocenters. The molecule has 0 aliphatic heterocycles. The first kappa shape index (κ1) is 12.6. The molecule has 0 atom stereocenters. The summed E-state index contributed by atoms with van der Waals surface area (Å²) < 4.78 is 0. The number of anilines is 1. The first-order valence-corrected chi connectivity index (χ1v) is 6.71. The van der Waals surface area contributed by atoms with Crippen molar-refractivity contribution in [2.75, 3.05) is 5.32 Å². The Balaban J connectivity index is 2.08. The lowest BCUT2D eigenvalue weighted by Crippen LogP contribution is -2.26. The van der Waals surface area contributed by atoms with Crippen molar-refractivity contribution >= 4 is 17.4 Å². The van der Waals surface area contributed by atoms with Crippen LogP contribution >= 0.6 is 11.6 Å². The van der Waals surface area contributed by atoms with Crippen molar-refractivity contribution in [2.24, 2.45) is 5.92 Å². The van der Waals surface area contributed by atoms with Crippen molar-refractivity contribution in [3.8, 4) is 0 Å². The van der Waals surface area contributed by atoms with E-state index in [1.165, 1.54) is 25.7 Å². The van der Waals surface area contributed by atoms with Crippen LogP contribution < -0.4 is 5.32 Å². The number of halogens is 1. The van der Waals surface area contributed by atoms with Crippen molar-refractivity contribution in [3.05, 3.63) is 16.5 Å². The molecule has 3 nitrogen and oxygen atoms in total. The molecule has 0 bridgehead atoms. The number of hydrogen-bond donors (Lipinski definition) is 1. The Morgan fingerprint density at radius 1 is 1.12 bits per heavy atom. The highest BCUT2D eigenvalue weighted by Gasteiger charge is 2.19. The highest BCUT2D eigenvalue weighted by Crippen LogP contribution is 2.27. The lowest BCUT2D eigenvalue weighted by molar-refractivity contribution is 0.360. The van der Waals surface area contributed by atoms with Gasteiger partial charge in [0.1, 0.15) is 16.8 Å². The van der Waals surface area contributed by atoms with Crippen molar-refractivity contribution < 1.29 is 0 Å². The fraction of sp³-hybridized carbons (Fsp3) is 0.692. The highest BCUT2D eigenvalue weighted by atomic mass is 35.5. The van der Waals surface area contributed by atoms with Gasteiger partial charge in [-0.2, -0.15) is 0 Å². The molecule has 1 heterocycles. The topological polar surface area (TPSA) is 37.8 Å². The summed E-state index contributed by atoms with van der Waals surface area (Å²) in [6.45, 7) is 6.17. The van der Waals surface area contributed by atoms with Crippen molar-refractivity contribution in [2.45, 2.75) is 52.5 Å². The summed E-state index contributed by atoms with van der Waals surface area (Å²) in [4.78, 5) is 8.59. The summed E-state index contributed by atoms with van der Waals surface area (Å²) in [5.74, 6) is 2.50. The zero-order chi connectivity index (χ0) is 12.4. The Kier molecular flexibility index (Phi) is 3.87. The second-order valence-electron chi connectivity index (χ2n) is 5.14. The maximum Gasteiger partial charge on any atom is 0.137 e. The van der Waals surface area contributed by atoms with Gasteiger partial charge in [-0.05, 0) is 45.4 Å². The molecule has 1 saturated carbocycles. The van der Waals surface area contributed by atoms with Crippen LogP contribution in [0.25, 0.3) is 0 Å². The van der Waals surface area contributed by atoms with E-state index in [1.807, 2.05) is 13.8 Å². The van der Waals surface area contributed by atoms with Crippen molar-refractivity contribution in [1.82, 2.24) is 9.97 Å². The predicted octanol–water partition coefficient (Wildman–Crippen LogP) is 3.74. The van der Waals surface area contributed by atoms with Crippen LogP contribution in [0.2, 0.25) is 5.15 Å². The molecule has 94 valence electrons. The number of aryl methyl sites for hydroxylation is 1. The molecule has 1 aromatic heterocycles. The van der Waals surface area contributed by atoms with E-state index in [0.29, 0.717) is 11.2 Å². The van der Waals surface area contributed by atoms with Crippen LogP contribution in [-0.4, -0.2) is 16.0 Å². The Morgan fingerprint density at radius 3 is 2.41 bits per heavy atom. The minimum atomic E-state index is 0.537. The van der Waals surface area contributed by atoms with Gasteiger partial charge < -0.3 is 5.32 Å². The van der Waals surface area contributed by atoms with E-state index in [-0.39, 0.29) is 0 Å². The molecule has 1 fully saturated rings. The van der Waals surface area contributed by atoms with Crippen molar-refractivity contribution in [1.29, 1.82) is 0 Å². The fourth-order valence-corrected chi connectivity index (χ4v) is 2.54. The normalized spacial score (nSPS) is 24.7. The first-order chi connectivity index (χ1) is 8.06. The maximum absolute atomic E-state index is 6.07. The van der Waals surface area contributed by atoms with Crippen LogP contribution in [0.5, 0.6) is 0 Å². The molecular formula is C13H20ClN3. The van der Waals surface area contributed by atoms with E-state index in [2.05, 4.69) is 22.2 Å². The number of hydrogen-bond acceptors (Lipinski definition) is 3. The third-order valence-corrected chi connectivity index (χ3v) is 3.92. The molecule has 0 radical (unpaired) electrons. The molecule has 1 aliphatic carbocycles. The minimum absolute atomic E-state index is 0.537. The third-order valence-electron chi connectivity index (χ3n) is 3.55. The van der Waals surface area contributed by atoms with Gasteiger partial charge in [0, 0.05) is 11.6 Å². The second-order valence-corrected chi connectivity index (χ2v) is 5.49. The average Bonchev–Trinajstić information content (AvgIpc) is 2.28. The molecule has 4 heteroatoms. The van der Waals surface area contributed by atoms with E-state index in [4.69, 9.17) is 11.6 Å². The van der Waals surface area contributed by atoms with Crippen molar-refractivity contribution in [3.63, 3.8) is 0 Å². The third kappa shape index (κ3) is 3.09. The molecule has 1 aromatic rings. The van der Waals surface area contributed by atoms with Crippen LogP contribution in [0.1, 0.15) is 44.0 Å². The van der Waals surface area contributed by atoms with Gasteiger partial charge in [-0.1, -0.05) is 18.5 Å². The van der Waals surface area contributed by atoms with E-state index >= 15 is 0 Å². The molecule has 17 heavy (non-hydrogen) atoms. The molecular weight excluding hydrogens is 234 g/mol. The Bertz CT molecular complexity index is 398. The summed E-state index contributed by atoms with van der Waals surface area (Å²) in [6.07, 6.45) is 5.05. The van der Waals surface area contributed by atoms with Gasteiger partial charge in [0.05, 0.1) is 0 Å².